The molecule has 1 rings (SSSR count). The number of alkyl halides is 3. The fourth-order valence-electron chi connectivity index (χ4n) is 1.63. The molecule has 21 heavy (non-hydrogen) atoms. The summed E-state index contributed by atoms with van der Waals surface area (Å²) in [5.74, 6) is 0. The maximum atomic E-state index is 12.5. The zero-order valence-corrected chi connectivity index (χ0v) is 13.0. The molecule has 0 aliphatic heterocycles. The van der Waals surface area contributed by atoms with Gasteiger partial charge in [0.25, 0.3) is 0 Å². The lowest BCUT2D eigenvalue weighted by molar-refractivity contribution is -0.137. The molecule has 0 aromatic heterocycles. The fraction of sp³-hybridized carbons (Fsp3) is 0.500. The van der Waals surface area contributed by atoms with E-state index in [0.717, 1.165) is 6.07 Å². The van der Waals surface area contributed by atoms with Crippen molar-refractivity contribution in [1.29, 1.82) is 0 Å². The van der Waals surface area contributed by atoms with Crippen LogP contribution in [-0.2, 0) is 16.2 Å². The molecule has 0 radical (unpaired) electrons. The lowest BCUT2D eigenvalue weighted by atomic mass is 10.2. The van der Waals surface area contributed by atoms with Crippen molar-refractivity contribution < 1.29 is 21.6 Å². The van der Waals surface area contributed by atoms with Gasteiger partial charge >= 0.3 is 6.18 Å². The second-order valence-corrected chi connectivity index (χ2v) is 6.60. The van der Waals surface area contributed by atoms with Crippen LogP contribution in [0.25, 0.3) is 0 Å². The summed E-state index contributed by atoms with van der Waals surface area (Å²) in [7, 11) is -3.96. The van der Waals surface area contributed by atoms with Crippen LogP contribution in [0.1, 0.15) is 19.4 Å². The molecule has 4 nitrogen and oxygen atoms in total. The Morgan fingerprint density at radius 1 is 1.33 bits per heavy atom. The van der Waals surface area contributed by atoms with Crippen molar-refractivity contribution in [2.24, 2.45) is 0 Å². The Morgan fingerprint density at radius 2 is 1.95 bits per heavy atom. The number of sulfonamides is 1. The quantitative estimate of drug-likeness (QED) is 0.834. The van der Waals surface area contributed by atoms with Crippen molar-refractivity contribution in [3.63, 3.8) is 0 Å². The van der Waals surface area contributed by atoms with E-state index in [0.29, 0.717) is 18.7 Å². The molecule has 2 N–H and O–H groups in total. The molecule has 0 heterocycles. The van der Waals surface area contributed by atoms with Gasteiger partial charge in [-0.2, -0.15) is 13.2 Å². The monoisotopic (exact) mass is 344 g/mol. The predicted octanol–water partition coefficient (Wildman–Crippen LogP) is 2.64. The van der Waals surface area contributed by atoms with Crippen LogP contribution >= 0.6 is 11.6 Å². The van der Waals surface area contributed by atoms with E-state index in [1.54, 1.807) is 6.92 Å². The standard InChI is InChI=1S/C12H16ClF3N2O2S/c1-3-17-8(2)7-18-21(19,20)11-5-4-9(6-10(11)13)12(14,15)16/h4-6,8,17-18H,3,7H2,1-2H3/t8-/m1/s1. The largest absolute Gasteiger partial charge is 0.416 e. The van der Waals surface area contributed by atoms with Gasteiger partial charge < -0.3 is 5.32 Å². The van der Waals surface area contributed by atoms with Crippen molar-refractivity contribution in [3.05, 3.63) is 28.8 Å². The Morgan fingerprint density at radius 3 is 2.43 bits per heavy atom. The second kappa shape index (κ2) is 6.95. The minimum Gasteiger partial charge on any atom is -0.313 e. The van der Waals surface area contributed by atoms with Crippen LogP contribution < -0.4 is 10.0 Å². The number of halogens is 4. The predicted molar refractivity (Wildman–Crippen MR) is 74.8 cm³/mol. The van der Waals surface area contributed by atoms with Crippen molar-refractivity contribution in [3.8, 4) is 0 Å². The molecular weight excluding hydrogens is 329 g/mol. The molecule has 9 heteroatoms. The van der Waals surface area contributed by atoms with Gasteiger partial charge in [-0.1, -0.05) is 18.5 Å². The number of hydrogen-bond acceptors (Lipinski definition) is 3. The highest BCUT2D eigenvalue weighted by Gasteiger charge is 2.32. The van der Waals surface area contributed by atoms with Crippen molar-refractivity contribution in [2.45, 2.75) is 31.0 Å². The van der Waals surface area contributed by atoms with Gasteiger partial charge in [-0.15, -0.1) is 0 Å². The summed E-state index contributed by atoms with van der Waals surface area (Å²) in [5, 5.41) is 2.54. The highest BCUT2D eigenvalue weighted by Crippen LogP contribution is 2.33. The van der Waals surface area contributed by atoms with Gasteiger partial charge in [0.15, 0.2) is 0 Å². The third kappa shape index (κ3) is 5.14. The first-order valence-corrected chi connectivity index (χ1v) is 8.04. The third-order valence-electron chi connectivity index (χ3n) is 2.68. The molecule has 1 atom stereocenters. The van der Waals surface area contributed by atoms with E-state index in [1.165, 1.54) is 0 Å². The van der Waals surface area contributed by atoms with Crippen LogP contribution in [0.15, 0.2) is 23.1 Å². The minimum atomic E-state index is -4.57. The molecular formula is C12H16ClF3N2O2S. The molecule has 0 bridgehead atoms. The van der Waals surface area contributed by atoms with Crippen LogP contribution in [0.4, 0.5) is 13.2 Å². The molecule has 0 aliphatic rings. The fourth-order valence-corrected chi connectivity index (χ4v) is 3.30. The lowest BCUT2D eigenvalue weighted by Gasteiger charge is -2.15. The van der Waals surface area contributed by atoms with Gasteiger partial charge in [0.1, 0.15) is 4.90 Å². The van der Waals surface area contributed by atoms with Crippen LogP contribution in [0.3, 0.4) is 0 Å². The molecule has 0 saturated carbocycles. The zero-order valence-electron chi connectivity index (χ0n) is 11.5. The van der Waals surface area contributed by atoms with Crippen molar-refractivity contribution >= 4 is 21.6 Å². The van der Waals surface area contributed by atoms with Crippen LogP contribution in [0.5, 0.6) is 0 Å². The summed E-state index contributed by atoms with van der Waals surface area (Å²) in [6.45, 7) is 4.43. The highest BCUT2D eigenvalue weighted by molar-refractivity contribution is 7.89. The molecule has 0 amide bonds. The first kappa shape index (κ1) is 18.2. The Labute approximate surface area is 126 Å². The summed E-state index contributed by atoms with van der Waals surface area (Å²) in [5.41, 5.74) is -0.993. The van der Waals surface area contributed by atoms with E-state index >= 15 is 0 Å². The molecule has 0 saturated heterocycles. The number of likely N-dealkylation sites (N-methyl/N-ethyl adjacent to an activating group) is 1. The molecule has 0 aliphatic carbocycles. The van der Waals surface area contributed by atoms with Crippen LogP contribution in [-0.4, -0.2) is 27.5 Å². The smallest absolute Gasteiger partial charge is 0.313 e. The highest BCUT2D eigenvalue weighted by atomic mass is 35.5. The average molecular weight is 345 g/mol. The van der Waals surface area contributed by atoms with Crippen molar-refractivity contribution in [2.75, 3.05) is 13.1 Å². The van der Waals surface area contributed by atoms with E-state index in [-0.39, 0.29) is 17.5 Å². The Bertz CT molecular complexity index is 591. The van der Waals surface area contributed by atoms with E-state index in [2.05, 4.69) is 10.0 Å². The van der Waals surface area contributed by atoms with Gasteiger partial charge in [0.05, 0.1) is 10.6 Å². The van der Waals surface area contributed by atoms with E-state index in [9.17, 15) is 21.6 Å². The lowest BCUT2D eigenvalue weighted by Crippen LogP contribution is -2.38. The molecule has 120 valence electrons. The van der Waals surface area contributed by atoms with Crippen molar-refractivity contribution in [1.82, 2.24) is 10.0 Å². The van der Waals surface area contributed by atoms with E-state index in [1.807, 2.05) is 6.92 Å². The van der Waals surface area contributed by atoms with Gasteiger partial charge in [-0.25, -0.2) is 13.1 Å². The zero-order chi connectivity index (χ0) is 16.3. The van der Waals surface area contributed by atoms with Gasteiger partial charge in [-0.05, 0) is 31.7 Å². The third-order valence-corrected chi connectivity index (χ3v) is 4.59. The average Bonchev–Trinajstić information content (AvgIpc) is 2.35. The number of benzene rings is 1. The Hall–Kier alpha value is -0.830. The van der Waals surface area contributed by atoms with Gasteiger partial charge in [-0.3, -0.25) is 0 Å². The summed E-state index contributed by atoms with van der Waals surface area (Å²) in [6.07, 6.45) is -4.57. The first-order valence-electron chi connectivity index (χ1n) is 6.17. The maximum Gasteiger partial charge on any atom is 0.416 e. The Kier molecular flexibility index (Phi) is 6.03. The van der Waals surface area contributed by atoms with Gasteiger partial charge in [0.2, 0.25) is 10.0 Å². The summed E-state index contributed by atoms with van der Waals surface area (Å²) in [4.78, 5) is -0.374. The number of nitrogens with one attached hydrogen (secondary N) is 2. The topological polar surface area (TPSA) is 58.2 Å². The molecule has 0 fully saturated rings. The maximum absolute atomic E-state index is 12.5. The second-order valence-electron chi connectivity index (χ2n) is 4.45. The number of hydrogen-bond donors (Lipinski definition) is 2. The molecule has 0 spiro atoms. The normalized spacial score (nSPS) is 14.2. The van der Waals surface area contributed by atoms with E-state index in [4.69, 9.17) is 11.6 Å². The Balaban J connectivity index is 2.94. The summed E-state index contributed by atoms with van der Waals surface area (Å²) >= 11 is 5.66. The minimum absolute atomic E-state index is 0.105. The van der Waals surface area contributed by atoms with Gasteiger partial charge in [0, 0.05) is 12.6 Å². The molecule has 1 aromatic rings. The summed E-state index contributed by atoms with van der Waals surface area (Å²) < 4.78 is 63.8. The number of rotatable bonds is 6. The molecule has 0 unspecified atom stereocenters. The van der Waals surface area contributed by atoms with Crippen LogP contribution in [0, 0.1) is 0 Å². The van der Waals surface area contributed by atoms with E-state index < -0.39 is 26.8 Å². The SMILES string of the molecule is CCN[C@H](C)CNS(=O)(=O)c1ccc(C(F)(F)F)cc1Cl. The molecule has 1 aromatic carbocycles. The summed E-state index contributed by atoms with van der Waals surface area (Å²) in [6, 6.07) is 2.03. The first-order chi connectivity index (χ1) is 9.58. The van der Waals surface area contributed by atoms with Crippen LogP contribution in [0.2, 0.25) is 5.02 Å².